The lowest BCUT2D eigenvalue weighted by atomic mass is 9.98. The highest BCUT2D eigenvalue weighted by molar-refractivity contribution is 7.92. The molecule has 1 fully saturated rings. The normalized spacial score (nSPS) is 15.2. The number of carbonyl (C=O) groups is 1. The second-order valence-electron chi connectivity index (χ2n) is 10.0. The number of sulfonamides is 1. The van der Waals surface area contributed by atoms with Gasteiger partial charge in [0.2, 0.25) is 5.91 Å². The lowest BCUT2D eigenvalue weighted by molar-refractivity contribution is -0.120. The summed E-state index contributed by atoms with van der Waals surface area (Å²) in [6, 6.07) is 18.8. The van der Waals surface area contributed by atoms with Crippen LogP contribution in [-0.2, 0) is 14.8 Å². The Bertz CT molecular complexity index is 1350. The summed E-state index contributed by atoms with van der Waals surface area (Å²) in [5.74, 6) is 0.316. The van der Waals surface area contributed by atoms with Gasteiger partial charge in [0.1, 0.15) is 6.54 Å². The summed E-state index contributed by atoms with van der Waals surface area (Å²) < 4.78 is 28.3. The number of anilines is 2. The van der Waals surface area contributed by atoms with Crippen molar-refractivity contribution >= 4 is 50.5 Å². The Labute approximate surface area is 235 Å². The van der Waals surface area contributed by atoms with E-state index in [1.165, 1.54) is 48.9 Å². The van der Waals surface area contributed by atoms with Crippen LogP contribution in [0.4, 0.5) is 11.4 Å². The fourth-order valence-corrected chi connectivity index (χ4v) is 6.50. The molecule has 1 aliphatic rings. The first-order valence-corrected chi connectivity index (χ1v) is 14.9. The van der Waals surface area contributed by atoms with Gasteiger partial charge in [-0.05, 0) is 80.6 Å². The maximum absolute atomic E-state index is 13.6. The van der Waals surface area contributed by atoms with Crippen molar-refractivity contribution in [2.24, 2.45) is 5.92 Å². The first-order valence-electron chi connectivity index (χ1n) is 12.7. The van der Waals surface area contributed by atoms with E-state index in [-0.39, 0.29) is 26.7 Å². The number of rotatable bonds is 8. The molecule has 0 aromatic heterocycles. The van der Waals surface area contributed by atoms with Crippen molar-refractivity contribution in [2.45, 2.75) is 44.6 Å². The van der Waals surface area contributed by atoms with Gasteiger partial charge >= 0.3 is 0 Å². The molecule has 1 saturated heterocycles. The van der Waals surface area contributed by atoms with E-state index in [2.05, 4.69) is 29.3 Å². The summed E-state index contributed by atoms with van der Waals surface area (Å²) in [6.07, 6.45) is 2.38. The van der Waals surface area contributed by atoms with Gasteiger partial charge in [-0.3, -0.25) is 9.10 Å². The molecular weight excluding hydrogens is 541 g/mol. The SMILES string of the molecule is Cc1ccc(S(=O)(=O)N(CC(=O)NC(C)c2ccc(N3CCC(C)CC3)cc2)c2cc(Cl)cc(Cl)c2)cc1. The first kappa shape index (κ1) is 28.3. The third kappa shape index (κ3) is 6.82. The van der Waals surface area contributed by atoms with Crippen LogP contribution in [0, 0.1) is 12.8 Å². The van der Waals surface area contributed by atoms with Gasteiger partial charge in [-0.15, -0.1) is 0 Å². The van der Waals surface area contributed by atoms with Gasteiger partial charge in [0.05, 0.1) is 16.6 Å². The fraction of sp³-hybridized carbons (Fsp3) is 0.345. The largest absolute Gasteiger partial charge is 0.372 e. The predicted octanol–water partition coefficient (Wildman–Crippen LogP) is 6.61. The summed E-state index contributed by atoms with van der Waals surface area (Å²) >= 11 is 12.4. The molecule has 6 nitrogen and oxygen atoms in total. The molecule has 38 heavy (non-hydrogen) atoms. The van der Waals surface area contributed by atoms with Gasteiger partial charge in [-0.25, -0.2) is 8.42 Å². The van der Waals surface area contributed by atoms with Crippen molar-refractivity contribution in [1.29, 1.82) is 0 Å². The summed E-state index contributed by atoms with van der Waals surface area (Å²) in [5, 5.41) is 3.48. The Morgan fingerprint density at radius 1 is 1.00 bits per heavy atom. The molecule has 0 spiro atoms. The Morgan fingerprint density at radius 3 is 2.16 bits per heavy atom. The second-order valence-corrected chi connectivity index (χ2v) is 12.7. The topological polar surface area (TPSA) is 69.7 Å². The number of hydrogen-bond donors (Lipinski definition) is 1. The summed E-state index contributed by atoms with van der Waals surface area (Å²) in [5.41, 5.74) is 3.25. The van der Waals surface area contributed by atoms with Crippen LogP contribution in [0.1, 0.15) is 43.9 Å². The second kappa shape index (κ2) is 12.0. The standard InChI is InChI=1S/C29H33Cl2N3O3S/c1-20-4-10-28(11-5-20)38(36,37)34(27-17-24(30)16-25(31)18-27)19-29(35)32-22(3)23-6-8-26(9-7-23)33-14-12-21(2)13-15-33/h4-11,16-18,21-22H,12-15,19H2,1-3H3,(H,32,35). The number of carbonyl (C=O) groups excluding carboxylic acids is 1. The van der Waals surface area contributed by atoms with Gasteiger partial charge in [0.25, 0.3) is 10.0 Å². The van der Waals surface area contributed by atoms with Crippen molar-refractivity contribution in [3.05, 3.63) is 87.9 Å². The van der Waals surface area contributed by atoms with Gasteiger partial charge < -0.3 is 10.2 Å². The Balaban J connectivity index is 1.52. The molecule has 9 heteroatoms. The Kier molecular flexibility index (Phi) is 8.91. The van der Waals surface area contributed by atoms with E-state index < -0.39 is 22.5 Å². The maximum Gasteiger partial charge on any atom is 0.264 e. The van der Waals surface area contributed by atoms with Crippen LogP contribution in [0.5, 0.6) is 0 Å². The molecule has 4 rings (SSSR count). The molecule has 3 aromatic carbocycles. The lowest BCUT2D eigenvalue weighted by Crippen LogP contribution is -2.41. The quantitative estimate of drug-likeness (QED) is 0.329. The van der Waals surface area contributed by atoms with Crippen molar-refractivity contribution in [3.63, 3.8) is 0 Å². The molecule has 202 valence electrons. The highest BCUT2D eigenvalue weighted by Gasteiger charge is 2.28. The van der Waals surface area contributed by atoms with Crippen LogP contribution in [-0.4, -0.2) is 34.0 Å². The smallest absolute Gasteiger partial charge is 0.264 e. The third-order valence-electron chi connectivity index (χ3n) is 6.95. The summed E-state index contributed by atoms with van der Waals surface area (Å²) in [4.78, 5) is 15.6. The van der Waals surface area contributed by atoms with E-state index in [1.54, 1.807) is 12.1 Å². The molecule has 3 aromatic rings. The van der Waals surface area contributed by atoms with Crippen LogP contribution < -0.4 is 14.5 Å². The maximum atomic E-state index is 13.6. The molecule has 1 heterocycles. The van der Waals surface area contributed by atoms with Crippen molar-refractivity contribution in [2.75, 3.05) is 28.8 Å². The van der Waals surface area contributed by atoms with Crippen LogP contribution >= 0.6 is 23.2 Å². The average Bonchev–Trinajstić information content (AvgIpc) is 2.87. The Hall–Kier alpha value is -2.74. The van der Waals surface area contributed by atoms with Gasteiger partial charge in [-0.1, -0.05) is 60.0 Å². The molecule has 0 saturated carbocycles. The molecule has 0 bridgehead atoms. The molecule has 1 amide bonds. The summed E-state index contributed by atoms with van der Waals surface area (Å²) in [6.45, 7) is 7.71. The summed E-state index contributed by atoms with van der Waals surface area (Å²) in [7, 11) is -4.07. The average molecular weight is 575 g/mol. The van der Waals surface area contributed by atoms with Crippen LogP contribution in [0.3, 0.4) is 0 Å². The number of benzene rings is 3. The first-order chi connectivity index (χ1) is 18.0. The Morgan fingerprint density at radius 2 is 1.58 bits per heavy atom. The fourth-order valence-electron chi connectivity index (χ4n) is 4.58. The van der Waals surface area contributed by atoms with Crippen LogP contribution in [0.2, 0.25) is 10.0 Å². The number of aryl methyl sites for hydroxylation is 1. The molecule has 1 atom stereocenters. The van der Waals surface area contributed by atoms with E-state index in [0.29, 0.717) is 0 Å². The number of amides is 1. The molecule has 0 aliphatic carbocycles. The predicted molar refractivity (Wildman–Crippen MR) is 156 cm³/mol. The van der Waals surface area contributed by atoms with E-state index in [9.17, 15) is 13.2 Å². The molecular formula is C29H33Cl2N3O3S. The van der Waals surface area contributed by atoms with E-state index in [4.69, 9.17) is 23.2 Å². The van der Waals surface area contributed by atoms with Crippen molar-refractivity contribution in [3.8, 4) is 0 Å². The third-order valence-corrected chi connectivity index (χ3v) is 9.18. The van der Waals surface area contributed by atoms with Crippen LogP contribution in [0.25, 0.3) is 0 Å². The highest BCUT2D eigenvalue weighted by Crippen LogP contribution is 2.30. The number of hydrogen-bond acceptors (Lipinski definition) is 4. The molecule has 1 N–H and O–H groups in total. The van der Waals surface area contributed by atoms with E-state index >= 15 is 0 Å². The molecule has 0 radical (unpaired) electrons. The minimum Gasteiger partial charge on any atom is -0.372 e. The number of nitrogens with one attached hydrogen (secondary N) is 1. The van der Waals surface area contributed by atoms with Crippen molar-refractivity contribution in [1.82, 2.24) is 5.32 Å². The van der Waals surface area contributed by atoms with Gasteiger partial charge in [0, 0.05) is 28.8 Å². The number of piperidine rings is 1. The van der Waals surface area contributed by atoms with Gasteiger partial charge in [0.15, 0.2) is 0 Å². The number of halogens is 2. The van der Waals surface area contributed by atoms with Crippen LogP contribution in [0.15, 0.2) is 71.6 Å². The molecule has 1 aliphatic heterocycles. The minimum atomic E-state index is -4.07. The highest BCUT2D eigenvalue weighted by atomic mass is 35.5. The number of nitrogens with zero attached hydrogens (tertiary/aromatic N) is 2. The van der Waals surface area contributed by atoms with E-state index in [1.807, 2.05) is 26.0 Å². The van der Waals surface area contributed by atoms with E-state index in [0.717, 1.165) is 34.4 Å². The zero-order valence-electron chi connectivity index (χ0n) is 21.8. The lowest BCUT2D eigenvalue weighted by Gasteiger charge is -2.32. The molecule has 1 unspecified atom stereocenters. The van der Waals surface area contributed by atoms with Gasteiger partial charge in [-0.2, -0.15) is 0 Å². The minimum absolute atomic E-state index is 0.0720. The zero-order chi connectivity index (χ0) is 27.4. The monoisotopic (exact) mass is 573 g/mol. The zero-order valence-corrected chi connectivity index (χ0v) is 24.2. The van der Waals surface area contributed by atoms with Crippen molar-refractivity contribution < 1.29 is 13.2 Å².